The fraction of sp³-hybridized carbons (Fsp3) is 0.136. The van der Waals surface area contributed by atoms with Crippen LogP contribution in [-0.2, 0) is 4.74 Å². The third-order valence-electron chi connectivity index (χ3n) is 4.65. The van der Waals surface area contributed by atoms with E-state index in [1.807, 2.05) is 37.4 Å². The van der Waals surface area contributed by atoms with Gasteiger partial charge in [-0.1, -0.05) is 35.9 Å². The first-order valence-electron chi connectivity index (χ1n) is 8.96. The molecule has 0 amide bonds. The van der Waals surface area contributed by atoms with Crippen molar-refractivity contribution in [1.82, 2.24) is 14.6 Å². The molecule has 0 saturated heterocycles. The molecule has 0 saturated carbocycles. The fourth-order valence-corrected chi connectivity index (χ4v) is 3.36. The number of halogens is 1. The van der Waals surface area contributed by atoms with Crippen molar-refractivity contribution in [2.75, 3.05) is 7.11 Å². The second kappa shape index (κ2) is 7.66. The van der Waals surface area contributed by atoms with Crippen LogP contribution in [0.3, 0.4) is 0 Å². The van der Waals surface area contributed by atoms with Crippen molar-refractivity contribution < 1.29 is 14.6 Å². The Morgan fingerprint density at radius 2 is 1.90 bits per heavy atom. The molecule has 0 aliphatic heterocycles. The highest BCUT2D eigenvalue weighted by molar-refractivity contribution is 6.30. The van der Waals surface area contributed by atoms with Crippen LogP contribution in [-0.4, -0.2) is 32.8 Å². The van der Waals surface area contributed by atoms with Crippen molar-refractivity contribution in [3.63, 3.8) is 0 Å². The van der Waals surface area contributed by atoms with Crippen LogP contribution in [0.25, 0.3) is 16.8 Å². The van der Waals surface area contributed by atoms with Gasteiger partial charge in [0.05, 0.1) is 24.0 Å². The number of pyridine rings is 2. The number of esters is 1. The number of hydrogen-bond acceptors (Lipinski definition) is 5. The Kier molecular flexibility index (Phi) is 5.05. The number of fused-ring (bicyclic) bond motifs is 1. The average Bonchev–Trinajstić information content (AvgIpc) is 3.11. The first kappa shape index (κ1) is 19.1. The van der Waals surface area contributed by atoms with Crippen molar-refractivity contribution in [3.8, 4) is 11.3 Å². The molecule has 1 aromatic carbocycles. The van der Waals surface area contributed by atoms with Crippen molar-refractivity contribution in [2.24, 2.45) is 0 Å². The molecular weight excluding hydrogens is 390 g/mol. The molecule has 3 heterocycles. The molecule has 0 spiro atoms. The van der Waals surface area contributed by atoms with Crippen LogP contribution in [0.1, 0.15) is 33.4 Å². The van der Waals surface area contributed by atoms with Crippen LogP contribution in [0, 0.1) is 6.92 Å². The van der Waals surface area contributed by atoms with E-state index >= 15 is 0 Å². The predicted octanol–water partition coefficient (Wildman–Crippen LogP) is 4.23. The van der Waals surface area contributed by atoms with Crippen molar-refractivity contribution in [2.45, 2.75) is 13.0 Å². The number of aryl methyl sites for hydroxylation is 1. The van der Waals surface area contributed by atoms with E-state index in [0.29, 0.717) is 22.0 Å². The number of aliphatic hydroxyl groups is 1. The number of ether oxygens (including phenoxy) is 1. The summed E-state index contributed by atoms with van der Waals surface area (Å²) in [6, 6.07) is 16.0. The van der Waals surface area contributed by atoms with Crippen molar-refractivity contribution >= 4 is 23.1 Å². The summed E-state index contributed by atoms with van der Waals surface area (Å²) in [5.41, 5.74) is 4.27. The summed E-state index contributed by atoms with van der Waals surface area (Å²) >= 11 is 6.03. The predicted molar refractivity (Wildman–Crippen MR) is 110 cm³/mol. The molecular formula is C22H18ClN3O3. The maximum atomic E-state index is 11.8. The Hall–Kier alpha value is -3.22. The van der Waals surface area contributed by atoms with Crippen LogP contribution in [0.5, 0.6) is 0 Å². The highest BCUT2D eigenvalue weighted by Gasteiger charge is 2.24. The molecule has 7 heteroatoms. The lowest BCUT2D eigenvalue weighted by atomic mass is 9.99. The molecule has 0 aliphatic carbocycles. The van der Waals surface area contributed by atoms with Crippen molar-refractivity contribution in [3.05, 3.63) is 88.3 Å². The first-order chi connectivity index (χ1) is 14.0. The molecule has 4 aromatic rings. The van der Waals surface area contributed by atoms with Crippen LogP contribution in [0.15, 0.2) is 60.8 Å². The van der Waals surface area contributed by atoms with Gasteiger partial charge in [0.1, 0.15) is 11.8 Å². The van der Waals surface area contributed by atoms with Crippen LogP contribution < -0.4 is 0 Å². The summed E-state index contributed by atoms with van der Waals surface area (Å²) in [7, 11) is 1.29. The lowest BCUT2D eigenvalue weighted by Gasteiger charge is -2.12. The highest BCUT2D eigenvalue weighted by Crippen LogP contribution is 2.34. The van der Waals surface area contributed by atoms with Crippen LogP contribution in [0.2, 0.25) is 5.02 Å². The van der Waals surface area contributed by atoms with Gasteiger partial charge in [-0.25, -0.2) is 14.3 Å². The smallest absolute Gasteiger partial charge is 0.356 e. The van der Waals surface area contributed by atoms with Gasteiger partial charge in [-0.2, -0.15) is 5.10 Å². The summed E-state index contributed by atoms with van der Waals surface area (Å²) < 4.78 is 6.48. The zero-order valence-corrected chi connectivity index (χ0v) is 16.6. The number of carbonyl (C=O) groups is 1. The van der Waals surface area contributed by atoms with E-state index in [1.54, 1.807) is 34.8 Å². The number of aromatic nitrogens is 3. The molecule has 146 valence electrons. The molecule has 0 radical (unpaired) electrons. The van der Waals surface area contributed by atoms with Crippen molar-refractivity contribution in [1.29, 1.82) is 0 Å². The Labute approximate surface area is 172 Å². The average molecular weight is 408 g/mol. The summed E-state index contributed by atoms with van der Waals surface area (Å²) in [6.45, 7) is 1.97. The maximum Gasteiger partial charge on any atom is 0.356 e. The molecule has 0 bridgehead atoms. The zero-order valence-electron chi connectivity index (χ0n) is 15.8. The molecule has 29 heavy (non-hydrogen) atoms. The van der Waals surface area contributed by atoms with Gasteiger partial charge in [-0.05, 0) is 42.8 Å². The van der Waals surface area contributed by atoms with E-state index in [0.717, 1.165) is 16.6 Å². The Balaban J connectivity index is 1.91. The quantitative estimate of drug-likeness (QED) is 0.512. The maximum absolute atomic E-state index is 11.8. The molecule has 6 nitrogen and oxygen atoms in total. The van der Waals surface area contributed by atoms with Gasteiger partial charge in [0.2, 0.25) is 0 Å². The summed E-state index contributed by atoms with van der Waals surface area (Å²) in [4.78, 5) is 16.1. The number of hydrogen-bond donors (Lipinski definition) is 1. The molecule has 3 aromatic heterocycles. The van der Waals surface area contributed by atoms with Crippen LogP contribution in [0.4, 0.5) is 0 Å². The summed E-state index contributed by atoms with van der Waals surface area (Å²) in [6.07, 6.45) is 0.800. The lowest BCUT2D eigenvalue weighted by Crippen LogP contribution is -2.09. The molecule has 1 N–H and O–H groups in total. The standard InChI is InChI=1S/C22H18ClN3O3/c1-13-6-11-18-19(21(27)16-4-3-5-17(24-16)22(28)29-2)20(25-26(18)12-13)14-7-9-15(23)10-8-14/h3-12,21,27H,1-2H3. The molecule has 1 unspecified atom stereocenters. The van der Waals surface area contributed by atoms with Gasteiger partial charge in [-0.15, -0.1) is 0 Å². The lowest BCUT2D eigenvalue weighted by molar-refractivity contribution is 0.0593. The molecule has 4 rings (SSSR count). The monoisotopic (exact) mass is 407 g/mol. The van der Waals surface area contributed by atoms with Gasteiger partial charge in [0, 0.05) is 22.3 Å². The molecule has 0 aliphatic rings. The number of carbonyl (C=O) groups excluding carboxylic acids is 1. The third kappa shape index (κ3) is 3.60. The number of rotatable bonds is 4. The number of aliphatic hydroxyl groups excluding tert-OH is 1. The Morgan fingerprint density at radius 3 is 2.62 bits per heavy atom. The van der Waals surface area contributed by atoms with E-state index in [1.165, 1.54) is 7.11 Å². The van der Waals surface area contributed by atoms with E-state index < -0.39 is 12.1 Å². The Bertz CT molecular complexity index is 1200. The van der Waals surface area contributed by atoms with E-state index in [2.05, 4.69) is 10.1 Å². The fourth-order valence-electron chi connectivity index (χ4n) is 3.23. The molecule has 1 atom stereocenters. The second-order valence-electron chi connectivity index (χ2n) is 6.65. The zero-order chi connectivity index (χ0) is 20.5. The first-order valence-corrected chi connectivity index (χ1v) is 9.34. The van der Waals surface area contributed by atoms with Gasteiger partial charge in [0.15, 0.2) is 0 Å². The number of methoxy groups -OCH3 is 1. The SMILES string of the molecule is COC(=O)c1cccc(C(O)c2c(-c3ccc(Cl)cc3)nn3cc(C)ccc23)n1. The highest BCUT2D eigenvalue weighted by atomic mass is 35.5. The van der Waals surface area contributed by atoms with Crippen LogP contribution >= 0.6 is 11.6 Å². The Morgan fingerprint density at radius 1 is 1.14 bits per heavy atom. The minimum atomic E-state index is -1.09. The molecule has 0 fully saturated rings. The summed E-state index contributed by atoms with van der Waals surface area (Å²) in [5, 5.41) is 16.5. The number of nitrogens with zero attached hydrogens (tertiary/aromatic N) is 3. The van der Waals surface area contributed by atoms with Gasteiger partial charge in [-0.3, -0.25) is 0 Å². The minimum absolute atomic E-state index is 0.129. The van der Waals surface area contributed by atoms with E-state index in [-0.39, 0.29) is 5.69 Å². The van der Waals surface area contributed by atoms with E-state index in [9.17, 15) is 9.90 Å². The van der Waals surface area contributed by atoms with E-state index in [4.69, 9.17) is 16.3 Å². The topological polar surface area (TPSA) is 76.7 Å². The normalized spacial score (nSPS) is 12.1. The summed E-state index contributed by atoms with van der Waals surface area (Å²) in [5.74, 6) is -0.563. The third-order valence-corrected chi connectivity index (χ3v) is 4.90. The van der Waals surface area contributed by atoms with Gasteiger partial charge in [0.25, 0.3) is 0 Å². The second-order valence-corrected chi connectivity index (χ2v) is 7.08. The number of benzene rings is 1. The largest absolute Gasteiger partial charge is 0.464 e. The van der Waals surface area contributed by atoms with Gasteiger partial charge >= 0.3 is 5.97 Å². The minimum Gasteiger partial charge on any atom is -0.464 e. The van der Waals surface area contributed by atoms with Gasteiger partial charge < -0.3 is 9.84 Å².